The van der Waals surface area contributed by atoms with E-state index in [1.165, 1.54) is 5.57 Å². The minimum atomic E-state index is -0.216. The van der Waals surface area contributed by atoms with E-state index >= 15 is 0 Å². The normalized spacial score (nSPS) is 27.3. The summed E-state index contributed by atoms with van der Waals surface area (Å²) in [7, 11) is 1.80. The van der Waals surface area contributed by atoms with Crippen molar-refractivity contribution in [2.45, 2.75) is 19.9 Å². The Bertz CT molecular complexity index is 385. The van der Waals surface area contributed by atoms with Gasteiger partial charge in [-0.2, -0.15) is 0 Å². The molecular formula is C14H22N2O2. The van der Waals surface area contributed by atoms with Crippen molar-refractivity contribution in [2.24, 2.45) is 5.41 Å². The van der Waals surface area contributed by atoms with Gasteiger partial charge in [0, 0.05) is 18.5 Å². The van der Waals surface area contributed by atoms with Gasteiger partial charge in [0.05, 0.1) is 13.2 Å². The van der Waals surface area contributed by atoms with Crippen LogP contribution in [-0.4, -0.2) is 50.2 Å². The van der Waals surface area contributed by atoms with Crippen LogP contribution in [0.5, 0.6) is 0 Å². The van der Waals surface area contributed by atoms with E-state index in [-0.39, 0.29) is 17.4 Å². The first-order valence-electron chi connectivity index (χ1n) is 6.46. The van der Waals surface area contributed by atoms with E-state index in [0.717, 1.165) is 0 Å². The first kappa shape index (κ1) is 13.3. The third kappa shape index (κ3) is 3.00. The number of carbonyl (C=O) groups excluding carboxylic acids is 1. The molecule has 4 heteroatoms. The summed E-state index contributed by atoms with van der Waals surface area (Å²) in [6, 6.07) is -0.216. The van der Waals surface area contributed by atoms with Crippen LogP contribution in [0, 0.1) is 5.41 Å². The molecule has 1 fully saturated rings. The largest absolute Gasteiger partial charge is 0.377 e. The van der Waals surface area contributed by atoms with Gasteiger partial charge in [0.1, 0.15) is 6.04 Å². The fourth-order valence-corrected chi connectivity index (χ4v) is 2.36. The second kappa shape index (κ2) is 5.24. The summed E-state index contributed by atoms with van der Waals surface area (Å²) in [5.74, 6) is 0.133. The number of ether oxygens (including phenoxy) is 1. The van der Waals surface area contributed by atoms with Crippen molar-refractivity contribution in [1.82, 2.24) is 10.2 Å². The Morgan fingerprint density at radius 2 is 2.33 bits per heavy atom. The molecule has 1 amide bonds. The SMILES string of the molecule is CNC1COCCN(CC2=CC(C)(C)C=C2)C1=O. The van der Waals surface area contributed by atoms with Crippen molar-refractivity contribution in [3.63, 3.8) is 0 Å². The zero-order valence-electron chi connectivity index (χ0n) is 11.4. The number of nitrogens with zero attached hydrogens (tertiary/aromatic N) is 1. The van der Waals surface area contributed by atoms with E-state index in [4.69, 9.17) is 4.74 Å². The molecule has 18 heavy (non-hydrogen) atoms. The average Bonchev–Trinajstić information content (AvgIpc) is 2.56. The van der Waals surface area contributed by atoms with Gasteiger partial charge in [0.2, 0.25) is 5.91 Å². The van der Waals surface area contributed by atoms with Crippen molar-refractivity contribution in [3.05, 3.63) is 23.8 Å². The summed E-state index contributed by atoms with van der Waals surface area (Å²) in [6.45, 7) is 6.76. The molecular weight excluding hydrogens is 228 g/mol. The molecule has 2 rings (SSSR count). The molecule has 1 aliphatic heterocycles. The molecule has 1 saturated heterocycles. The van der Waals surface area contributed by atoms with Crippen molar-refractivity contribution in [2.75, 3.05) is 33.4 Å². The van der Waals surface area contributed by atoms with Gasteiger partial charge in [-0.1, -0.05) is 32.1 Å². The monoisotopic (exact) mass is 250 g/mol. The van der Waals surface area contributed by atoms with Crippen LogP contribution >= 0.6 is 0 Å². The maximum absolute atomic E-state index is 12.3. The molecule has 0 radical (unpaired) electrons. The number of hydrogen-bond acceptors (Lipinski definition) is 3. The first-order chi connectivity index (χ1) is 8.52. The minimum absolute atomic E-state index is 0.114. The first-order valence-corrected chi connectivity index (χ1v) is 6.46. The zero-order valence-corrected chi connectivity index (χ0v) is 11.4. The van der Waals surface area contributed by atoms with Gasteiger partial charge in [-0.15, -0.1) is 0 Å². The molecule has 1 atom stereocenters. The van der Waals surface area contributed by atoms with Crippen LogP contribution in [0.4, 0.5) is 0 Å². The van der Waals surface area contributed by atoms with Crippen LogP contribution in [0.25, 0.3) is 0 Å². The van der Waals surface area contributed by atoms with Crippen LogP contribution in [0.2, 0.25) is 0 Å². The molecule has 0 bridgehead atoms. The smallest absolute Gasteiger partial charge is 0.242 e. The highest BCUT2D eigenvalue weighted by atomic mass is 16.5. The topological polar surface area (TPSA) is 41.6 Å². The highest BCUT2D eigenvalue weighted by Gasteiger charge is 2.27. The van der Waals surface area contributed by atoms with E-state index in [9.17, 15) is 4.79 Å². The Hall–Kier alpha value is -1.13. The lowest BCUT2D eigenvalue weighted by Crippen LogP contribution is -2.46. The summed E-state index contributed by atoms with van der Waals surface area (Å²) in [4.78, 5) is 14.1. The molecule has 0 aromatic carbocycles. The average molecular weight is 250 g/mol. The lowest BCUT2D eigenvalue weighted by Gasteiger charge is -2.23. The summed E-state index contributed by atoms with van der Waals surface area (Å²) < 4.78 is 5.44. The predicted octanol–water partition coefficient (Wildman–Crippen LogP) is 0.956. The van der Waals surface area contributed by atoms with Crippen molar-refractivity contribution in [3.8, 4) is 0 Å². The summed E-state index contributed by atoms with van der Waals surface area (Å²) >= 11 is 0. The van der Waals surface area contributed by atoms with Crippen LogP contribution < -0.4 is 5.32 Å². The molecule has 1 heterocycles. The molecule has 100 valence electrons. The molecule has 4 nitrogen and oxygen atoms in total. The molecule has 0 saturated carbocycles. The van der Waals surface area contributed by atoms with Crippen molar-refractivity contribution in [1.29, 1.82) is 0 Å². The maximum Gasteiger partial charge on any atom is 0.242 e. The highest BCUT2D eigenvalue weighted by Crippen LogP contribution is 2.28. The van der Waals surface area contributed by atoms with E-state index in [0.29, 0.717) is 26.3 Å². The molecule has 1 N–H and O–H groups in total. The molecule has 1 aliphatic carbocycles. The number of rotatable bonds is 3. The minimum Gasteiger partial charge on any atom is -0.377 e. The number of amides is 1. The van der Waals surface area contributed by atoms with Gasteiger partial charge in [-0.25, -0.2) is 0 Å². The maximum atomic E-state index is 12.3. The third-order valence-electron chi connectivity index (χ3n) is 3.41. The molecule has 1 unspecified atom stereocenters. The van der Waals surface area contributed by atoms with E-state index in [2.05, 4.69) is 37.4 Å². The van der Waals surface area contributed by atoms with Crippen molar-refractivity contribution < 1.29 is 9.53 Å². The number of likely N-dealkylation sites (N-methyl/N-ethyl adjacent to an activating group) is 1. The Kier molecular flexibility index (Phi) is 3.88. The Labute approximate surface area is 109 Å². The number of allylic oxidation sites excluding steroid dienone is 2. The second-order valence-corrected chi connectivity index (χ2v) is 5.55. The summed E-state index contributed by atoms with van der Waals surface area (Å²) in [5.41, 5.74) is 1.33. The second-order valence-electron chi connectivity index (χ2n) is 5.55. The molecule has 0 aromatic rings. The zero-order chi connectivity index (χ0) is 13.2. The summed E-state index contributed by atoms with van der Waals surface area (Å²) in [6.07, 6.45) is 6.52. The van der Waals surface area contributed by atoms with Gasteiger partial charge >= 0.3 is 0 Å². The van der Waals surface area contributed by atoms with Gasteiger partial charge in [-0.3, -0.25) is 4.79 Å². The molecule has 0 aromatic heterocycles. The molecule has 0 spiro atoms. The number of hydrogen-bond donors (Lipinski definition) is 1. The third-order valence-corrected chi connectivity index (χ3v) is 3.41. The Balaban J connectivity index is 2.04. The van der Waals surface area contributed by atoms with Crippen LogP contribution in [-0.2, 0) is 9.53 Å². The van der Waals surface area contributed by atoms with Gasteiger partial charge in [0.15, 0.2) is 0 Å². The van der Waals surface area contributed by atoms with Crippen LogP contribution in [0.1, 0.15) is 13.8 Å². The van der Waals surface area contributed by atoms with Crippen LogP contribution in [0.3, 0.4) is 0 Å². The van der Waals surface area contributed by atoms with E-state index in [1.54, 1.807) is 7.05 Å². The fraction of sp³-hybridized carbons (Fsp3) is 0.643. The lowest BCUT2D eigenvalue weighted by atomic mass is 9.96. The Morgan fingerprint density at radius 3 is 2.94 bits per heavy atom. The predicted molar refractivity (Wildman–Crippen MR) is 71.3 cm³/mol. The van der Waals surface area contributed by atoms with Crippen molar-refractivity contribution >= 4 is 5.91 Å². The lowest BCUT2D eigenvalue weighted by molar-refractivity contribution is -0.132. The Morgan fingerprint density at radius 1 is 1.56 bits per heavy atom. The molecule has 2 aliphatic rings. The number of carbonyl (C=O) groups is 1. The van der Waals surface area contributed by atoms with Gasteiger partial charge < -0.3 is 15.0 Å². The van der Waals surface area contributed by atoms with Crippen LogP contribution in [0.15, 0.2) is 23.8 Å². The fourth-order valence-electron chi connectivity index (χ4n) is 2.36. The quantitative estimate of drug-likeness (QED) is 0.811. The summed E-state index contributed by atoms with van der Waals surface area (Å²) in [5, 5.41) is 3.01. The standard InChI is InChI=1S/C14H22N2O2/c1-14(2)5-4-11(8-14)9-16-6-7-18-10-12(15-3)13(16)17/h4-5,8,12,15H,6-7,9-10H2,1-3H3. The van der Waals surface area contributed by atoms with E-state index < -0.39 is 0 Å². The van der Waals surface area contributed by atoms with Gasteiger partial charge in [0.25, 0.3) is 0 Å². The van der Waals surface area contributed by atoms with E-state index in [1.807, 2.05) is 4.90 Å². The van der Waals surface area contributed by atoms with Gasteiger partial charge in [-0.05, 0) is 12.6 Å². The number of nitrogens with one attached hydrogen (secondary N) is 1. The highest BCUT2D eigenvalue weighted by molar-refractivity contribution is 5.82.